The molecule has 0 saturated heterocycles. The molecule has 0 aliphatic heterocycles. The molecule has 1 aliphatic rings. The van der Waals surface area contributed by atoms with Gasteiger partial charge in [0.2, 0.25) is 0 Å². The molecule has 0 heterocycles. The van der Waals surface area contributed by atoms with Crippen LogP contribution in [0.3, 0.4) is 0 Å². The van der Waals surface area contributed by atoms with Crippen molar-refractivity contribution in [3.8, 4) is 0 Å². The number of rotatable bonds is 1. The van der Waals surface area contributed by atoms with Gasteiger partial charge in [-0.25, -0.2) is 0 Å². The van der Waals surface area contributed by atoms with Gasteiger partial charge in [0.15, 0.2) is 0 Å². The molecule has 1 unspecified atom stereocenters. The lowest BCUT2D eigenvalue weighted by molar-refractivity contribution is -0.305. The fourth-order valence-electron chi connectivity index (χ4n) is 0.712. The minimum Gasteiger partial charge on any atom is -0.411 e. The van der Waals surface area contributed by atoms with Gasteiger partial charge in [0, 0.05) is 0 Å². The van der Waals surface area contributed by atoms with Crippen molar-refractivity contribution in [2.24, 2.45) is 0 Å². The fraction of sp³-hybridized carbons (Fsp3) is 0.333. The third-order valence-electron chi connectivity index (χ3n) is 1.14. The third-order valence-corrected chi connectivity index (χ3v) is 1.14. The van der Waals surface area contributed by atoms with Crippen LogP contribution >= 0.6 is 0 Å². The van der Waals surface area contributed by atoms with Crippen LogP contribution in [0.15, 0.2) is 24.0 Å². The van der Waals surface area contributed by atoms with E-state index in [1.165, 1.54) is 18.2 Å². The van der Waals surface area contributed by atoms with Crippen LogP contribution in [0.4, 0.5) is 13.2 Å². The van der Waals surface area contributed by atoms with Gasteiger partial charge in [0.1, 0.15) is 5.76 Å². The highest BCUT2D eigenvalue weighted by atomic mass is 19.4. The molecule has 0 fully saturated rings. The van der Waals surface area contributed by atoms with Gasteiger partial charge in [0.05, 0.1) is 7.85 Å². The Bertz CT molecular complexity index is 206. The van der Waals surface area contributed by atoms with Gasteiger partial charge in [-0.2, -0.15) is 0 Å². The van der Waals surface area contributed by atoms with Crippen LogP contribution in [0.25, 0.3) is 0 Å². The van der Waals surface area contributed by atoms with E-state index in [0.717, 1.165) is 0 Å². The molecule has 0 amide bonds. The zero-order valence-corrected chi connectivity index (χ0v) is 5.43. The zero-order valence-electron chi connectivity index (χ0n) is 5.43. The topological polar surface area (TPSA) is 9.23 Å². The molecule has 0 saturated carbocycles. The summed E-state index contributed by atoms with van der Waals surface area (Å²) in [5, 5.41) is 0. The molecule has 58 valence electrons. The smallest absolute Gasteiger partial charge is 0.411 e. The highest BCUT2D eigenvalue weighted by molar-refractivity contribution is 6.15. The Kier molecular flexibility index (Phi) is 1.98. The van der Waals surface area contributed by atoms with Gasteiger partial charge in [-0.1, -0.05) is 12.2 Å². The number of hydrogen-bond donors (Lipinski definition) is 0. The highest BCUT2D eigenvalue weighted by Gasteiger charge is 2.33. The van der Waals surface area contributed by atoms with Gasteiger partial charge >= 0.3 is 6.36 Å². The average Bonchev–Trinajstić information content (AvgIpc) is 2.12. The molecule has 1 nitrogen and oxygen atoms in total. The minimum atomic E-state index is -4.64. The molecule has 0 aromatic rings. The molecule has 0 aromatic carbocycles. The largest absolute Gasteiger partial charge is 0.572 e. The summed E-state index contributed by atoms with van der Waals surface area (Å²) < 4.78 is 38.2. The number of ether oxygens (including phenoxy) is 1. The van der Waals surface area contributed by atoms with E-state index in [1.54, 1.807) is 0 Å². The molecule has 1 atom stereocenters. The SMILES string of the molecule is [B]C1C=CC=C1OC(F)(F)F. The number of allylic oxidation sites excluding steroid dienone is 3. The van der Waals surface area contributed by atoms with E-state index in [0.29, 0.717) is 0 Å². The van der Waals surface area contributed by atoms with Gasteiger partial charge in [-0.15, -0.1) is 13.2 Å². The van der Waals surface area contributed by atoms with E-state index in [2.05, 4.69) is 4.74 Å². The molecular formula is C6H4BF3O. The third kappa shape index (κ3) is 2.33. The molecular weight excluding hydrogens is 156 g/mol. The summed E-state index contributed by atoms with van der Waals surface area (Å²) in [6.07, 6.45) is -0.611. The minimum absolute atomic E-state index is 0.266. The van der Waals surface area contributed by atoms with E-state index in [-0.39, 0.29) is 5.76 Å². The standard InChI is InChI=1S/C6H4BF3O/c7-4-2-1-3-5(4)11-6(8,9)10/h1-4H. The van der Waals surface area contributed by atoms with Crippen molar-refractivity contribution >= 4 is 7.85 Å². The summed E-state index contributed by atoms with van der Waals surface area (Å²) in [4.78, 5) is 0. The molecule has 0 N–H and O–H groups in total. The normalized spacial score (nSPS) is 23.5. The molecule has 0 bridgehead atoms. The molecule has 2 radical (unpaired) electrons. The summed E-state index contributed by atoms with van der Waals surface area (Å²) in [6.45, 7) is 0. The molecule has 0 spiro atoms. The Morgan fingerprint density at radius 3 is 2.45 bits per heavy atom. The van der Waals surface area contributed by atoms with Crippen molar-refractivity contribution in [2.75, 3.05) is 0 Å². The van der Waals surface area contributed by atoms with Crippen LogP contribution in [0.1, 0.15) is 0 Å². The first-order valence-corrected chi connectivity index (χ1v) is 2.89. The summed E-state index contributed by atoms with van der Waals surface area (Å²) in [5.74, 6) is -1.03. The van der Waals surface area contributed by atoms with E-state index in [4.69, 9.17) is 7.85 Å². The van der Waals surface area contributed by atoms with Crippen LogP contribution in [0.5, 0.6) is 0 Å². The Balaban J connectivity index is 2.53. The van der Waals surface area contributed by atoms with E-state index < -0.39 is 12.2 Å². The lowest BCUT2D eigenvalue weighted by atomic mass is 9.88. The van der Waals surface area contributed by atoms with Crippen LogP contribution in [-0.4, -0.2) is 14.2 Å². The van der Waals surface area contributed by atoms with Crippen LogP contribution in [0, 0.1) is 0 Å². The van der Waals surface area contributed by atoms with E-state index >= 15 is 0 Å². The highest BCUT2D eigenvalue weighted by Crippen LogP contribution is 2.29. The summed E-state index contributed by atoms with van der Waals surface area (Å²) in [5.41, 5.74) is 0. The van der Waals surface area contributed by atoms with Crippen molar-refractivity contribution in [3.05, 3.63) is 24.0 Å². The van der Waals surface area contributed by atoms with Gasteiger partial charge in [-0.05, 0) is 11.9 Å². The second-order valence-electron chi connectivity index (χ2n) is 2.03. The Morgan fingerprint density at radius 2 is 2.09 bits per heavy atom. The van der Waals surface area contributed by atoms with Crippen molar-refractivity contribution in [2.45, 2.75) is 12.2 Å². The van der Waals surface area contributed by atoms with E-state index in [9.17, 15) is 13.2 Å². The van der Waals surface area contributed by atoms with Crippen LogP contribution in [-0.2, 0) is 4.74 Å². The first kappa shape index (κ1) is 8.23. The van der Waals surface area contributed by atoms with Gasteiger partial charge < -0.3 is 4.74 Å². The Labute approximate surface area is 62.9 Å². The summed E-state index contributed by atoms with van der Waals surface area (Å²) in [7, 11) is 5.21. The van der Waals surface area contributed by atoms with Crippen molar-refractivity contribution in [3.63, 3.8) is 0 Å². The van der Waals surface area contributed by atoms with E-state index in [1.807, 2.05) is 0 Å². The van der Waals surface area contributed by atoms with Crippen molar-refractivity contribution in [1.29, 1.82) is 0 Å². The van der Waals surface area contributed by atoms with Crippen LogP contribution < -0.4 is 0 Å². The molecule has 1 rings (SSSR count). The monoisotopic (exact) mass is 160 g/mol. The second kappa shape index (κ2) is 2.64. The van der Waals surface area contributed by atoms with Gasteiger partial charge in [0.25, 0.3) is 0 Å². The predicted molar refractivity (Wildman–Crippen MR) is 33.9 cm³/mol. The molecule has 0 aromatic heterocycles. The lowest BCUT2D eigenvalue weighted by Gasteiger charge is -2.12. The summed E-state index contributed by atoms with van der Waals surface area (Å²) >= 11 is 0. The second-order valence-corrected chi connectivity index (χ2v) is 2.03. The van der Waals surface area contributed by atoms with Crippen molar-refractivity contribution in [1.82, 2.24) is 0 Å². The zero-order chi connectivity index (χ0) is 8.48. The molecule has 1 aliphatic carbocycles. The Morgan fingerprint density at radius 1 is 1.45 bits per heavy atom. The number of halogens is 3. The Hall–Kier alpha value is -0.865. The van der Waals surface area contributed by atoms with Crippen LogP contribution in [0.2, 0.25) is 5.82 Å². The summed E-state index contributed by atoms with van der Waals surface area (Å²) in [6, 6.07) is 0. The number of alkyl halides is 3. The maximum absolute atomic E-state index is 11.5. The maximum atomic E-state index is 11.5. The molecule has 11 heavy (non-hydrogen) atoms. The van der Waals surface area contributed by atoms with Gasteiger partial charge in [-0.3, -0.25) is 0 Å². The predicted octanol–water partition coefficient (Wildman–Crippen LogP) is 1.93. The van der Waals surface area contributed by atoms with Crippen molar-refractivity contribution < 1.29 is 17.9 Å². The quantitative estimate of drug-likeness (QED) is 0.532. The molecule has 5 heteroatoms. The fourth-order valence-corrected chi connectivity index (χ4v) is 0.712. The number of hydrogen-bond acceptors (Lipinski definition) is 1. The maximum Gasteiger partial charge on any atom is 0.572 e. The first-order valence-electron chi connectivity index (χ1n) is 2.89. The average molecular weight is 160 g/mol. The first-order chi connectivity index (χ1) is 4.99. The lowest BCUT2D eigenvalue weighted by Crippen LogP contribution is -2.14.